The van der Waals surface area contributed by atoms with Crippen molar-refractivity contribution < 1.29 is 19.0 Å². The molecule has 0 unspecified atom stereocenters. The molecule has 0 radical (unpaired) electrons. The molecule has 0 atom stereocenters. The molecule has 0 bridgehead atoms. The first-order valence-electron chi connectivity index (χ1n) is 10.3. The predicted molar refractivity (Wildman–Crippen MR) is 128 cm³/mol. The summed E-state index contributed by atoms with van der Waals surface area (Å²) in [6, 6.07) is 22.6. The highest BCUT2D eigenvalue weighted by Gasteiger charge is 2.20. The third-order valence-electron chi connectivity index (χ3n) is 5.33. The van der Waals surface area contributed by atoms with E-state index in [4.69, 9.17) is 30.9 Å². The Labute approximate surface area is 197 Å². The summed E-state index contributed by atoms with van der Waals surface area (Å²) < 4.78 is 17.2. The molecule has 168 valence electrons. The highest BCUT2D eigenvalue weighted by atomic mass is 35.5. The van der Waals surface area contributed by atoms with E-state index in [0.717, 1.165) is 33.9 Å². The van der Waals surface area contributed by atoms with Gasteiger partial charge in [0.05, 0.1) is 44.2 Å². The molecule has 3 aromatic carbocycles. The highest BCUT2D eigenvalue weighted by molar-refractivity contribution is 6.35. The van der Waals surface area contributed by atoms with Gasteiger partial charge in [0.25, 0.3) is 0 Å². The van der Waals surface area contributed by atoms with E-state index in [0.29, 0.717) is 22.8 Å². The Balaban J connectivity index is 1.77. The number of carbonyl (C=O) groups is 1. The van der Waals surface area contributed by atoms with Gasteiger partial charge in [-0.25, -0.2) is 4.79 Å². The van der Waals surface area contributed by atoms with E-state index in [2.05, 4.69) is 0 Å². The van der Waals surface area contributed by atoms with Crippen LogP contribution in [0.15, 0.2) is 72.8 Å². The van der Waals surface area contributed by atoms with Gasteiger partial charge in [-0.2, -0.15) is 5.10 Å². The standard InChI is InChI=1S/C26H23ClN2O4/c1-31-21-12-8-18(9-13-21)24-23(27)25(19-10-14-22(32-2)15-11-19)29(28-24)16-17-4-6-20(7-5-17)26(30)33-3/h4-15H,16H2,1-3H3. The van der Waals surface area contributed by atoms with E-state index in [1.165, 1.54) is 7.11 Å². The Morgan fingerprint density at radius 1 is 0.818 bits per heavy atom. The van der Waals surface area contributed by atoms with Gasteiger partial charge in [0.15, 0.2) is 0 Å². The van der Waals surface area contributed by atoms with E-state index in [-0.39, 0.29) is 5.97 Å². The average molecular weight is 463 g/mol. The molecule has 0 aliphatic carbocycles. The minimum Gasteiger partial charge on any atom is -0.497 e. The van der Waals surface area contributed by atoms with Crippen molar-refractivity contribution in [2.45, 2.75) is 6.54 Å². The molecule has 7 heteroatoms. The summed E-state index contributed by atoms with van der Waals surface area (Å²) in [6.45, 7) is 0.471. The van der Waals surface area contributed by atoms with Crippen molar-refractivity contribution in [1.29, 1.82) is 0 Å². The summed E-state index contributed by atoms with van der Waals surface area (Å²) in [4.78, 5) is 11.7. The zero-order valence-electron chi connectivity index (χ0n) is 18.5. The molecule has 0 aliphatic heterocycles. The van der Waals surface area contributed by atoms with Gasteiger partial charge in [0.2, 0.25) is 0 Å². The fourth-order valence-electron chi connectivity index (χ4n) is 3.55. The third-order valence-corrected chi connectivity index (χ3v) is 5.69. The third kappa shape index (κ3) is 4.71. The topological polar surface area (TPSA) is 62.6 Å². The molecule has 0 saturated heterocycles. The first-order chi connectivity index (χ1) is 16.0. The minimum absolute atomic E-state index is 0.371. The van der Waals surface area contributed by atoms with Crippen LogP contribution in [0.2, 0.25) is 5.02 Å². The number of halogens is 1. The molecular formula is C26H23ClN2O4. The van der Waals surface area contributed by atoms with Crippen LogP contribution in [0.1, 0.15) is 15.9 Å². The quantitative estimate of drug-likeness (QED) is 0.328. The van der Waals surface area contributed by atoms with Crippen molar-refractivity contribution in [1.82, 2.24) is 9.78 Å². The van der Waals surface area contributed by atoms with Crippen LogP contribution in [-0.4, -0.2) is 37.1 Å². The molecule has 4 aromatic rings. The van der Waals surface area contributed by atoms with Gasteiger partial charge in [-0.15, -0.1) is 0 Å². The van der Waals surface area contributed by atoms with E-state index < -0.39 is 0 Å². The van der Waals surface area contributed by atoms with E-state index in [1.807, 2.05) is 65.3 Å². The SMILES string of the molecule is COC(=O)c1ccc(Cn2nc(-c3ccc(OC)cc3)c(Cl)c2-c2ccc(OC)cc2)cc1. The van der Waals surface area contributed by atoms with Crippen molar-refractivity contribution in [3.8, 4) is 34.0 Å². The number of benzene rings is 3. The Bertz CT molecular complexity index is 1250. The van der Waals surface area contributed by atoms with Crippen molar-refractivity contribution in [2.75, 3.05) is 21.3 Å². The first-order valence-corrected chi connectivity index (χ1v) is 10.6. The second-order valence-electron chi connectivity index (χ2n) is 7.31. The van der Waals surface area contributed by atoms with Crippen LogP contribution in [0, 0.1) is 0 Å². The van der Waals surface area contributed by atoms with Crippen molar-refractivity contribution in [3.05, 3.63) is 88.9 Å². The number of aromatic nitrogens is 2. The summed E-state index contributed by atoms with van der Waals surface area (Å²) in [7, 11) is 4.62. The zero-order chi connectivity index (χ0) is 23.4. The summed E-state index contributed by atoms with van der Waals surface area (Å²) in [5, 5.41) is 5.40. The number of methoxy groups -OCH3 is 3. The lowest BCUT2D eigenvalue weighted by atomic mass is 10.1. The van der Waals surface area contributed by atoms with Gasteiger partial charge in [-0.3, -0.25) is 4.68 Å². The summed E-state index contributed by atoms with van der Waals surface area (Å²) in [5.74, 6) is 1.15. The molecule has 0 spiro atoms. The maximum absolute atomic E-state index is 11.7. The molecule has 0 N–H and O–H groups in total. The average Bonchev–Trinajstić information content (AvgIpc) is 3.19. The predicted octanol–water partition coefficient (Wildman–Crippen LogP) is 5.72. The second-order valence-corrected chi connectivity index (χ2v) is 7.69. The molecule has 0 fully saturated rings. The molecule has 1 heterocycles. The fourth-order valence-corrected chi connectivity index (χ4v) is 3.90. The van der Waals surface area contributed by atoms with Gasteiger partial charge in [0.1, 0.15) is 17.2 Å². The van der Waals surface area contributed by atoms with E-state index in [1.54, 1.807) is 26.4 Å². The van der Waals surface area contributed by atoms with Crippen molar-refractivity contribution in [2.24, 2.45) is 0 Å². The number of esters is 1. The van der Waals surface area contributed by atoms with Crippen LogP contribution in [0.4, 0.5) is 0 Å². The highest BCUT2D eigenvalue weighted by Crippen LogP contribution is 2.37. The molecule has 33 heavy (non-hydrogen) atoms. The molecule has 0 saturated carbocycles. The Morgan fingerprint density at radius 3 is 1.88 bits per heavy atom. The zero-order valence-corrected chi connectivity index (χ0v) is 19.3. The number of hydrogen-bond donors (Lipinski definition) is 0. The largest absolute Gasteiger partial charge is 0.497 e. The Hall–Kier alpha value is -3.77. The smallest absolute Gasteiger partial charge is 0.337 e. The fraction of sp³-hybridized carbons (Fsp3) is 0.154. The van der Waals surface area contributed by atoms with Gasteiger partial charge in [-0.05, 0) is 66.2 Å². The summed E-state index contributed by atoms with van der Waals surface area (Å²) in [6.07, 6.45) is 0. The molecule has 4 rings (SSSR count). The number of rotatable bonds is 7. The second kappa shape index (κ2) is 9.79. The van der Waals surface area contributed by atoms with Crippen LogP contribution in [0.3, 0.4) is 0 Å². The number of ether oxygens (including phenoxy) is 3. The summed E-state index contributed by atoms with van der Waals surface area (Å²) >= 11 is 6.89. The van der Waals surface area contributed by atoms with E-state index in [9.17, 15) is 4.79 Å². The lowest BCUT2D eigenvalue weighted by Gasteiger charge is -2.10. The summed E-state index contributed by atoms with van der Waals surface area (Å²) in [5.41, 5.74) is 4.74. The van der Waals surface area contributed by atoms with Crippen molar-refractivity contribution >= 4 is 17.6 Å². The van der Waals surface area contributed by atoms with Crippen LogP contribution < -0.4 is 9.47 Å². The van der Waals surface area contributed by atoms with Gasteiger partial charge in [0, 0.05) is 11.1 Å². The van der Waals surface area contributed by atoms with Crippen LogP contribution in [0.5, 0.6) is 11.5 Å². The number of hydrogen-bond acceptors (Lipinski definition) is 5. The van der Waals surface area contributed by atoms with Crippen LogP contribution in [0.25, 0.3) is 22.5 Å². The Morgan fingerprint density at radius 2 is 1.36 bits per heavy atom. The molecule has 6 nitrogen and oxygen atoms in total. The van der Waals surface area contributed by atoms with E-state index >= 15 is 0 Å². The first kappa shape index (κ1) is 22.4. The van der Waals surface area contributed by atoms with Gasteiger partial charge < -0.3 is 14.2 Å². The monoisotopic (exact) mass is 462 g/mol. The van der Waals surface area contributed by atoms with Crippen LogP contribution in [-0.2, 0) is 11.3 Å². The van der Waals surface area contributed by atoms with Crippen LogP contribution >= 0.6 is 11.6 Å². The van der Waals surface area contributed by atoms with Crippen molar-refractivity contribution in [3.63, 3.8) is 0 Å². The molecule has 0 amide bonds. The molecule has 0 aliphatic rings. The van der Waals surface area contributed by atoms with Gasteiger partial charge in [-0.1, -0.05) is 23.7 Å². The normalized spacial score (nSPS) is 10.7. The number of nitrogens with zero attached hydrogens (tertiary/aromatic N) is 2. The molecule has 1 aromatic heterocycles. The molecular weight excluding hydrogens is 440 g/mol. The van der Waals surface area contributed by atoms with Gasteiger partial charge >= 0.3 is 5.97 Å². The number of carbonyl (C=O) groups excluding carboxylic acids is 1. The minimum atomic E-state index is -0.371. The lowest BCUT2D eigenvalue weighted by Crippen LogP contribution is -2.05. The lowest BCUT2D eigenvalue weighted by molar-refractivity contribution is 0.0600. The maximum Gasteiger partial charge on any atom is 0.337 e. The maximum atomic E-state index is 11.7. The Kier molecular flexibility index (Phi) is 6.66.